The van der Waals surface area contributed by atoms with Crippen LogP contribution in [0.3, 0.4) is 0 Å². The molecule has 1 aromatic carbocycles. The van der Waals surface area contributed by atoms with Gasteiger partial charge in [-0.25, -0.2) is 0 Å². The Morgan fingerprint density at radius 2 is 1.93 bits per heavy atom. The molecular weight excluding hydrogens is 479 g/mol. The van der Waals surface area contributed by atoms with Crippen LogP contribution in [-0.4, -0.2) is 43.8 Å². The maximum atomic E-state index is 5.39. The van der Waals surface area contributed by atoms with Crippen molar-refractivity contribution in [2.75, 3.05) is 32.8 Å². The van der Waals surface area contributed by atoms with E-state index in [1.54, 1.807) is 6.26 Å². The molecule has 0 aliphatic rings. The number of aromatic amines is 1. The standard InChI is InChI=1S/C22H30N4O2.HI/c1-2-27-15-6-12-23-22(25-14-11-19-7-5-16-28-19)24-13-10-18-17-26-21-9-4-3-8-20(18)21;/h3-5,7-9,16-17,26H,2,6,10-15H2,1H3,(H2,23,24,25);1H. The van der Waals surface area contributed by atoms with Crippen molar-refractivity contribution in [1.82, 2.24) is 15.6 Å². The van der Waals surface area contributed by atoms with Crippen molar-refractivity contribution < 1.29 is 9.15 Å². The number of H-pyrrole nitrogens is 1. The first-order chi connectivity index (χ1) is 13.9. The molecule has 3 rings (SSSR count). The zero-order chi connectivity index (χ0) is 19.4. The lowest BCUT2D eigenvalue weighted by Gasteiger charge is -2.12. The summed E-state index contributed by atoms with van der Waals surface area (Å²) >= 11 is 0. The van der Waals surface area contributed by atoms with Crippen LogP contribution < -0.4 is 10.6 Å². The highest BCUT2D eigenvalue weighted by atomic mass is 127. The van der Waals surface area contributed by atoms with Gasteiger partial charge in [-0.3, -0.25) is 4.99 Å². The Morgan fingerprint density at radius 3 is 2.72 bits per heavy atom. The van der Waals surface area contributed by atoms with Crippen molar-refractivity contribution >= 4 is 40.8 Å². The van der Waals surface area contributed by atoms with Crippen molar-refractivity contribution in [3.63, 3.8) is 0 Å². The van der Waals surface area contributed by atoms with Gasteiger partial charge in [0.2, 0.25) is 0 Å². The third kappa shape index (κ3) is 7.74. The van der Waals surface area contributed by atoms with Gasteiger partial charge in [0.25, 0.3) is 0 Å². The van der Waals surface area contributed by atoms with Crippen molar-refractivity contribution in [3.8, 4) is 0 Å². The second-order valence-electron chi connectivity index (χ2n) is 6.57. The molecule has 0 amide bonds. The Labute approximate surface area is 189 Å². The molecule has 0 spiro atoms. The topological polar surface area (TPSA) is 74.6 Å². The van der Waals surface area contributed by atoms with Gasteiger partial charge in [-0.2, -0.15) is 0 Å². The van der Waals surface area contributed by atoms with Gasteiger partial charge < -0.3 is 24.8 Å². The average Bonchev–Trinajstić information content (AvgIpc) is 3.37. The summed E-state index contributed by atoms with van der Waals surface area (Å²) in [5.74, 6) is 1.81. The van der Waals surface area contributed by atoms with Crippen molar-refractivity contribution in [3.05, 3.63) is 60.2 Å². The number of nitrogens with one attached hydrogen (secondary N) is 3. The van der Waals surface area contributed by atoms with Crippen LogP contribution in [0.15, 0.2) is 58.3 Å². The van der Waals surface area contributed by atoms with Crippen LogP contribution in [0.5, 0.6) is 0 Å². The third-order valence-electron chi connectivity index (χ3n) is 4.53. The van der Waals surface area contributed by atoms with Crippen LogP contribution in [0.4, 0.5) is 0 Å². The summed E-state index contributed by atoms with van der Waals surface area (Å²) in [7, 11) is 0. The second-order valence-corrected chi connectivity index (χ2v) is 6.57. The van der Waals surface area contributed by atoms with Gasteiger partial charge in [0.1, 0.15) is 5.76 Å². The number of ether oxygens (including phenoxy) is 1. The molecule has 7 heteroatoms. The van der Waals surface area contributed by atoms with Crippen molar-refractivity contribution in [2.45, 2.75) is 26.2 Å². The smallest absolute Gasteiger partial charge is 0.191 e. The predicted octanol–water partition coefficient (Wildman–Crippen LogP) is 4.13. The molecule has 0 fully saturated rings. The fraction of sp³-hybridized carbons (Fsp3) is 0.409. The largest absolute Gasteiger partial charge is 0.469 e. The van der Waals surface area contributed by atoms with Gasteiger partial charge in [0.15, 0.2) is 5.96 Å². The Morgan fingerprint density at radius 1 is 1.10 bits per heavy atom. The minimum Gasteiger partial charge on any atom is -0.469 e. The van der Waals surface area contributed by atoms with E-state index in [1.807, 2.05) is 19.1 Å². The summed E-state index contributed by atoms with van der Waals surface area (Å²) in [4.78, 5) is 8.00. The molecule has 0 aliphatic heterocycles. The monoisotopic (exact) mass is 510 g/mol. The molecule has 0 aliphatic carbocycles. The lowest BCUT2D eigenvalue weighted by atomic mass is 10.1. The highest BCUT2D eigenvalue weighted by Gasteiger charge is 2.04. The van der Waals surface area contributed by atoms with E-state index in [1.165, 1.54) is 16.5 Å². The molecule has 0 atom stereocenters. The first-order valence-corrected chi connectivity index (χ1v) is 10.0. The van der Waals surface area contributed by atoms with Gasteiger partial charge in [-0.15, -0.1) is 24.0 Å². The number of fused-ring (bicyclic) bond motifs is 1. The number of para-hydroxylation sites is 1. The first-order valence-electron chi connectivity index (χ1n) is 10.0. The molecule has 6 nitrogen and oxygen atoms in total. The predicted molar refractivity (Wildman–Crippen MR) is 129 cm³/mol. The highest BCUT2D eigenvalue weighted by molar-refractivity contribution is 14.0. The van der Waals surface area contributed by atoms with Gasteiger partial charge in [0.05, 0.1) is 6.26 Å². The van der Waals surface area contributed by atoms with E-state index in [-0.39, 0.29) is 24.0 Å². The summed E-state index contributed by atoms with van der Waals surface area (Å²) in [5, 5.41) is 8.13. The van der Waals surface area contributed by atoms with E-state index in [4.69, 9.17) is 9.15 Å². The summed E-state index contributed by atoms with van der Waals surface area (Å²) in [6.45, 7) is 5.84. The van der Waals surface area contributed by atoms with Gasteiger partial charge in [-0.1, -0.05) is 18.2 Å². The van der Waals surface area contributed by atoms with Gasteiger partial charge >= 0.3 is 0 Å². The lowest BCUT2D eigenvalue weighted by Crippen LogP contribution is -2.39. The van der Waals surface area contributed by atoms with Crippen LogP contribution in [0.25, 0.3) is 10.9 Å². The Hall–Kier alpha value is -2.00. The normalized spacial score (nSPS) is 11.4. The zero-order valence-electron chi connectivity index (χ0n) is 16.9. The molecule has 2 aromatic heterocycles. The molecule has 0 saturated carbocycles. The van der Waals surface area contributed by atoms with Crippen LogP contribution in [0.1, 0.15) is 24.7 Å². The molecule has 0 radical (unpaired) electrons. The average molecular weight is 510 g/mol. The van der Waals surface area contributed by atoms with Crippen LogP contribution in [-0.2, 0) is 17.6 Å². The summed E-state index contributed by atoms with van der Waals surface area (Å²) in [5.41, 5.74) is 2.49. The Kier molecular flexibility index (Phi) is 10.6. The van der Waals surface area contributed by atoms with E-state index < -0.39 is 0 Å². The third-order valence-corrected chi connectivity index (χ3v) is 4.53. The first kappa shape index (κ1) is 23.3. The molecule has 0 saturated heterocycles. The molecule has 3 N–H and O–H groups in total. The zero-order valence-corrected chi connectivity index (χ0v) is 19.3. The number of hydrogen-bond acceptors (Lipinski definition) is 3. The number of nitrogens with zero attached hydrogens (tertiary/aromatic N) is 1. The number of benzene rings is 1. The number of aromatic nitrogens is 1. The van der Waals surface area contributed by atoms with E-state index in [0.717, 1.165) is 63.8 Å². The maximum absolute atomic E-state index is 5.39. The fourth-order valence-electron chi connectivity index (χ4n) is 3.09. The van der Waals surface area contributed by atoms with E-state index in [0.29, 0.717) is 0 Å². The number of guanidine groups is 1. The van der Waals surface area contributed by atoms with Crippen molar-refractivity contribution in [1.29, 1.82) is 0 Å². The molecular formula is C22H31IN4O2. The molecule has 2 heterocycles. The Balaban J connectivity index is 0.00000300. The Bertz CT molecular complexity index is 846. The molecule has 29 heavy (non-hydrogen) atoms. The molecule has 158 valence electrons. The van der Waals surface area contributed by atoms with Crippen LogP contribution >= 0.6 is 24.0 Å². The SMILES string of the molecule is CCOCCCN=C(NCCc1ccco1)NCCc1c[nH]c2ccccc12.I. The summed E-state index contributed by atoms with van der Waals surface area (Å²) in [6, 6.07) is 12.3. The number of hydrogen-bond donors (Lipinski definition) is 3. The molecule has 0 unspecified atom stereocenters. The minimum absolute atomic E-state index is 0. The van der Waals surface area contributed by atoms with Crippen molar-refractivity contribution in [2.24, 2.45) is 4.99 Å². The van der Waals surface area contributed by atoms with Crippen LogP contribution in [0.2, 0.25) is 0 Å². The van der Waals surface area contributed by atoms with Gasteiger partial charge in [-0.05, 0) is 43.5 Å². The molecule has 3 aromatic rings. The van der Waals surface area contributed by atoms with E-state index in [2.05, 4.69) is 51.1 Å². The number of furan rings is 1. The number of rotatable bonds is 11. The summed E-state index contributed by atoms with van der Waals surface area (Å²) in [6.07, 6.45) is 6.48. The lowest BCUT2D eigenvalue weighted by molar-refractivity contribution is 0.146. The molecule has 0 bridgehead atoms. The number of halogens is 1. The van der Waals surface area contributed by atoms with E-state index >= 15 is 0 Å². The second kappa shape index (κ2) is 13.3. The summed E-state index contributed by atoms with van der Waals surface area (Å²) < 4.78 is 10.8. The maximum Gasteiger partial charge on any atom is 0.191 e. The quantitative estimate of drug-likeness (QED) is 0.157. The highest BCUT2D eigenvalue weighted by Crippen LogP contribution is 2.17. The minimum atomic E-state index is 0. The van der Waals surface area contributed by atoms with Gasteiger partial charge in [0, 0.05) is 56.4 Å². The van der Waals surface area contributed by atoms with Crippen LogP contribution in [0, 0.1) is 0 Å². The fourth-order valence-corrected chi connectivity index (χ4v) is 3.09. The number of aliphatic imine (C=N–C) groups is 1. The van der Waals surface area contributed by atoms with E-state index in [9.17, 15) is 0 Å².